The van der Waals surface area contributed by atoms with E-state index in [1.165, 1.54) is 4.57 Å². The molecule has 8 heteroatoms. The van der Waals surface area contributed by atoms with Gasteiger partial charge < -0.3 is 14.8 Å². The number of fused-ring (bicyclic) bond motifs is 1. The number of nitrogens with one attached hydrogen (secondary N) is 2. The van der Waals surface area contributed by atoms with E-state index < -0.39 is 17.8 Å². The molecule has 0 spiro atoms. The maximum absolute atomic E-state index is 12.9. The summed E-state index contributed by atoms with van der Waals surface area (Å²) in [6.45, 7) is 10.2. The monoisotopic (exact) mass is 424 g/mol. The predicted molar refractivity (Wildman–Crippen MR) is 121 cm³/mol. The molecule has 1 amide bonds. The molecule has 0 saturated heterocycles. The summed E-state index contributed by atoms with van der Waals surface area (Å²) in [6, 6.07) is 13.9. The van der Waals surface area contributed by atoms with Crippen LogP contribution in [0.1, 0.15) is 34.6 Å². The molecule has 0 atom stereocenters. The van der Waals surface area contributed by atoms with Gasteiger partial charge in [0.15, 0.2) is 0 Å². The highest BCUT2D eigenvalue weighted by Gasteiger charge is 2.23. The zero-order valence-electron chi connectivity index (χ0n) is 18.4. The highest BCUT2D eigenvalue weighted by Crippen LogP contribution is 2.25. The van der Waals surface area contributed by atoms with Crippen molar-refractivity contribution in [1.82, 2.24) is 9.55 Å². The summed E-state index contributed by atoms with van der Waals surface area (Å²) in [5.41, 5.74) is 0.906. The van der Waals surface area contributed by atoms with Crippen molar-refractivity contribution in [3.8, 4) is 5.75 Å². The maximum atomic E-state index is 12.9. The zero-order valence-corrected chi connectivity index (χ0v) is 18.4. The highest BCUT2D eigenvalue weighted by molar-refractivity contribution is 5.95. The second-order valence-corrected chi connectivity index (χ2v) is 8.56. The van der Waals surface area contributed by atoms with Crippen molar-refractivity contribution < 1.29 is 19.1 Å². The van der Waals surface area contributed by atoms with Crippen LogP contribution in [0.25, 0.3) is 11.0 Å². The summed E-state index contributed by atoms with van der Waals surface area (Å²) in [7, 11) is 0. The first-order valence-electron chi connectivity index (χ1n) is 10.2. The first kappa shape index (κ1) is 22.1. The standard InChI is InChI=1S/C23H28N4O4/c1-15(2)14-24-20-26-18-12-11-16(25-21(28)30-17-9-7-6-8-10-17)13-19(18)27(20)22(29)31-23(3,4)5/h6-13,15H,14H2,1-5H3,(H,24,26)(H,25,28). The van der Waals surface area contributed by atoms with Crippen molar-refractivity contribution in [2.45, 2.75) is 40.2 Å². The summed E-state index contributed by atoms with van der Waals surface area (Å²) in [6.07, 6.45) is -1.18. The lowest BCUT2D eigenvalue weighted by Gasteiger charge is -2.20. The van der Waals surface area contributed by atoms with E-state index in [9.17, 15) is 9.59 Å². The smallest absolute Gasteiger partial charge is 0.421 e. The van der Waals surface area contributed by atoms with Gasteiger partial charge in [0.2, 0.25) is 5.95 Å². The molecular formula is C23H28N4O4. The fraction of sp³-hybridized carbons (Fsp3) is 0.348. The van der Waals surface area contributed by atoms with Crippen LogP contribution in [0.4, 0.5) is 21.2 Å². The Morgan fingerprint density at radius 1 is 1.10 bits per heavy atom. The lowest BCUT2D eigenvalue weighted by Crippen LogP contribution is -2.28. The van der Waals surface area contributed by atoms with Crippen molar-refractivity contribution in [3.05, 3.63) is 48.5 Å². The van der Waals surface area contributed by atoms with E-state index in [0.717, 1.165) is 0 Å². The molecule has 8 nitrogen and oxygen atoms in total. The summed E-state index contributed by atoms with van der Waals surface area (Å²) >= 11 is 0. The third kappa shape index (κ3) is 5.97. The number of para-hydroxylation sites is 1. The van der Waals surface area contributed by atoms with Gasteiger partial charge in [-0.25, -0.2) is 19.1 Å². The van der Waals surface area contributed by atoms with Gasteiger partial charge >= 0.3 is 12.2 Å². The number of rotatable bonds is 5. The van der Waals surface area contributed by atoms with E-state index in [1.54, 1.807) is 63.2 Å². The molecule has 0 fully saturated rings. The van der Waals surface area contributed by atoms with Gasteiger partial charge in [-0.1, -0.05) is 32.0 Å². The number of aromatic nitrogens is 2. The Bertz CT molecular complexity index is 1070. The minimum Gasteiger partial charge on any atom is -0.443 e. The van der Waals surface area contributed by atoms with Gasteiger partial charge in [-0.2, -0.15) is 0 Å². The molecule has 31 heavy (non-hydrogen) atoms. The molecule has 2 N–H and O–H groups in total. The van der Waals surface area contributed by atoms with Crippen LogP contribution in [-0.2, 0) is 4.74 Å². The topological polar surface area (TPSA) is 94.5 Å². The van der Waals surface area contributed by atoms with Crippen LogP contribution in [0, 0.1) is 5.92 Å². The fourth-order valence-corrected chi connectivity index (χ4v) is 2.80. The summed E-state index contributed by atoms with van der Waals surface area (Å²) in [5.74, 6) is 1.18. The summed E-state index contributed by atoms with van der Waals surface area (Å²) < 4.78 is 12.2. The molecule has 0 aliphatic heterocycles. The minimum absolute atomic E-state index is 0.358. The molecule has 0 aliphatic rings. The molecule has 2 aromatic carbocycles. The lowest BCUT2D eigenvalue weighted by atomic mass is 10.2. The Labute approximate surface area is 181 Å². The fourth-order valence-electron chi connectivity index (χ4n) is 2.80. The van der Waals surface area contributed by atoms with Crippen LogP contribution < -0.4 is 15.4 Å². The van der Waals surface area contributed by atoms with Crippen molar-refractivity contribution in [3.63, 3.8) is 0 Å². The molecule has 3 rings (SSSR count). The molecule has 0 bridgehead atoms. The molecule has 1 aromatic heterocycles. The van der Waals surface area contributed by atoms with Gasteiger partial charge in [0, 0.05) is 12.2 Å². The van der Waals surface area contributed by atoms with Crippen LogP contribution in [0.5, 0.6) is 5.75 Å². The van der Waals surface area contributed by atoms with E-state index >= 15 is 0 Å². The lowest BCUT2D eigenvalue weighted by molar-refractivity contribution is 0.0547. The Hall–Kier alpha value is -3.55. The van der Waals surface area contributed by atoms with E-state index in [0.29, 0.717) is 40.9 Å². The van der Waals surface area contributed by atoms with Crippen LogP contribution >= 0.6 is 0 Å². The van der Waals surface area contributed by atoms with Gasteiger partial charge in [-0.15, -0.1) is 0 Å². The molecule has 164 valence electrons. The number of amides is 1. The van der Waals surface area contributed by atoms with Crippen molar-refractivity contribution >= 4 is 34.9 Å². The molecule has 0 saturated carbocycles. The number of anilines is 2. The molecule has 0 aliphatic carbocycles. The first-order chi connectivity index (χ1) is 14.6. The second kappa shape index (κ2) is 9.07. The summed E-state index contributed by atoms with van der Waals surface area (Å²) in [5, 5.41) is 5.88. The minimum atomic E-state index is -0.668. The zero-order chi connectivity index (χ0) is 22.6. The Morgan fingerprint density at radius 3 is 2.45 bits per heavy atom. The second-order valence-electron chi connectivity index (χ2n) is 8.56. The number of hydrogen-bond donors (Lipinski definition) is 2. The first-order valence-corrected chi connectivity index (χ1v) is 10.2. The predicted octanol–water partition coefficient (Wildman–Crippen LogP) is 5.50. The molecule has 0 radical (unpaired) electrons. The number of nitrogens with zero attached hydrogens (tertiary/aromatic N) is 2. The number of hydrogen-bond acceptors (Lipinski definition) is 6. The van der Waals surface area contributed by atoms with Crippen molar-refractivity contribution in [1.29, 1.82) is 0 Å². The van der Waals surface area contributed by atoms with Gasteiger partial charge in [0.1, 0.15) is 11.4 Å². The molecule has 3 aromatic rings. The van der Waals surface area contributed by atoms with Crippen LogP contribution in [0.15, 0.2) is 48.5 Å². The van der Waals surface area contributed by atoms with Crippen LogP contribution in [0.3, 0.4) is 0 Å². The highest BCUT2D eigenvalue weighted by atomic mass is 16.6. The Balaban J connectivity index is 1.91. The van der Waals surface area contributed by atoms with Crippen molar-refractivity contribution in [2.24, 2.45) is 5.92 Å². The Kier molecular flexibility index (Phi) is 6.48. The van der Waals surface area contributed by atoms with Gasteiger partial charge in [-0.05, 0) is 57.0 Å². The number of carbonyl (C=O) groups is 2. The average Bonchev–Trinajstić information content (AvgIpc) is 3.03. The van der Waals surface area contributed by atoms with E-state index in [-0.39, 0.29) is 0 Å². The van der Waals surface area contributed by atoms with E-state index in [4.69, 9.17) is 9.47 Å². The molecule has 0 unspecified atom stereocenters. The number of imidazole rings is 1. The third-order valence-corrected chi connectivity index (χ3v) is 4.10. The maximum Gasteiger partial charge on any atom is 0.421 e. The SMILES string of the molecule is CC(C)CNc1nc2ccc(NC(=O)Oc3ccccc3)cc2n1C(=O)OC(C)(C)C. The quantitative estimate of drug-likeness (QED) is 0.562. The van der Waals surface area contributed by atoms with Crippen LogP contribution in [-0.4, -0.2) is 33.9 Å². The van der Waals surface area contributed by atoms with Gasteiger partial charge in [0.05, 0.1) is 11.0 Å². The number of carbonyl (C=O) groups excluding carboxylic acids is 2. The Morgan fingerprint density at radius 2 is 1.81 bits per heavy atom. The molecular weight excluding hydrogens is 396 g/mol. The average molecular weight is 425 g/mol. The van der Waals surface area contributed by atoms with E-state index in [1.807, 2.05) is 6.07 Å². The largest absolute Gasteiger partial charge is 0.443 e. The number of ether oxygens (including phenoxy) is 2. The normalized spacial score (nSPS) is 11.4. The van der Waals surface area contributed by atoms with E-state index in [2.05, 4.69) is 29.5 Å². The summed E-state index contributed by atoms with van der Waals surface area (Å²) in [4.78, 5) is 29.7. The van der Waals surface area contributed by atoms with Crippen LogP contribution in [0.2, 0.25) is 0 Å². The number of benzene rings is 2. The third-order valence-electron chi connectivity index (χ3n) is 4.10. The van der Waals surface area contributed by atoms with Crippen molar-refractivity contribution in [2.75, 3.05) is 17.2 Å². The van der Waals surface area contributed by atoms with Gasteiger partial charge in [-0.3, -0.25) is 5.32 Å². The van der Waals surface area contributed by atoms with Gasteiger partial charge in [0.25, 0.3) is 0 Å². The molecule has 1 heterocycles.